The summed E-state index contributed by atoms with van der Waals surface area (Å²) in [5.74, 6) is 0. The van der Waals surface area contributed by atoms with Crippen LogP contribution >= 0.6 is 11.3 Å². The molecule has 0 amide bonds. The van der Waals surface area contributed by atoms with Gasteiger partial charge in [0, 0.05) is 28.9 Å². The second-order valence-corrected chi connectivity index (χ2v) is 7.20. The molecule has 4 heteroatoms. The zero-order valence-corrected chi connectivity index (χ0v) is 12.4. The number of hydrogen-bond acceptors (Lipinski definition) is 4. The Balaban J connectivity index is 2.07. The topological polar surface area (TPSA) is 51.8 Å². The van der Waals surface area contributed by atoms with E-state index in [1.54, 1.807) is 11.3 Å². The molecular formula is C15H19N3S. The van der Waals surface area contributed by atoms with E-state index in [1.165, 1.54) is 21.7 Å². The van der Waals surface area contributed by atoms with E-state index in [0.29, 0.717) is 0 Å². The molecule has 2 heterocycles. The molecule has 0 saturated carbocycles. The first-order chi connectivity index (χ1) is 8.96. The molecular weight excluding hydrogens is 254 g/mol. The molecule has 2 aromatic heterocycles. The lowest BCUT2D eigenvalue weighted by Crippen LogP contribution is -2.28. The van der Waals surface area contributed by atoms with Crippen molar-refractivity contribution in [3.63, 3.8) is 0 Å². The average Bonchev–Trinajstić information content (AvgIpc) is 2.71. The van der Waals surface area contributed by atoms with Gasteiger partial charge in [0.1, 0.15) is 5.01 Å². The highest BCUT2D eigenvalue weighted by Crippen LogP contribution is 2.43. The van der Waals surface area contributed by atoms with Gasteiger partial charge in [-0.3, -0.25) is 4.98 Å². The zero-order valence-electron chi connectivity index (χ0n) is 11.6. The summed E-state index contributed by atoms with van der Waals surface area (Å²) in [7, 11) is 0. The van der Waals surface area contributed by atoms with Gasteiger partial charge in [-0.15, -0.1) is 11.3 Å². The Morgan fingerprint density at radius 2 is 2.21 bits per heavy atom. The normalized spacial score (nSPS) is 21.2. The quantitative estimate of drug-likeness (QED) is 0.865. The molecule has 0 aromatic carbocycles. The van der Waals surface area contributed by atoms with Crippen LogP contribution in [0.4, 0.5) is 0 Å². The van der Waals surface area contributed by atoms with Crippen molar-refractivity contribution in [1.82, 2.24) is 9.97 Å². The van der Waals surface area contributed by atoms with Crippen molar-refractivity contribution in [3.8, 4) is 10.6 Å². The van der Waals surface area contributed by atoms with Crippen LogP contribution in [-0.4, -0.2) is 9.97 Å². The number of aromatic nitrogens is 2. The minimum Gasteiger partial charge on any atom is -0.323 e. The molecule has 3 rings (SSSR count). The fourth-order valence-electron chi connectivity index (χ4n) is 2.82. The molecule has 0 bridgehead atoms. The first-order valence-electron chi connectivity index (χ1n) is 6.62. The molecule has 2 aromatic rings. The van der Waals surface area contributed by atoms with Crippen molar-refractivity contribution in [2.45, 2.75) is 39.7 Å². The zero-order chi connectivity index (χ0) is 13.6. The lowest BCUT2D eigenvalue weighted by atomic mass is 9.77. The summed E-state index contributed by atoms with van der Waals surface area (Å²) in [6, 6.07) is 2.17. The molecule has 1 atom stereocenters. The number of thiazole rings is 1. The van der Waals surface area contributed by atoms with Crippen molar-refractivity contribution in [2.24, 2.45) is 11.1 Å². The van der Waals surface area contributed by atoms with Crippen molar-refractivity contribution < 1.29 is 0 Å². The van der Waals surface area contributed by atoms with Gasteiger partial charge in [-0.1, -0.05) is 13.8 Å². The van der Waals surface area contributed by atoms with E-state index in [2.05, 4.69) is 25.8 Å². The number of aryl methyl sites for hydroxylation is 1. The third-order valence-corrected chi connectivity index (χ3v) is 5.00. The number of nitrogens with zero attached hydrogens (tertiary/aromatic N) is 2. The molecule has 0 radical (unpaired) electrons. The molecule has 0 fully saturated rings. The monoisotopic (exact) mass is 273 g/mol. The van der Waals surface area contributed by atoms with E-state index in [0.717, 1.165) is 17.8 Å². The van der Waals surface area contributed by atoms with Gasteiger partial charge in [-0.25, -0.2) is 4.98 Å². The minimum atomic E-state index is 0.132. The summed E-state index contributed by atoms with van der Waals surface area (Å²) < 4.78 is 0. The molecule has 19 heavy (non-hydrogen) atoms. The number of rotatable bonds is 1. The van der Waals surface area contributed by atoms with E-state index < -0.39 is 0 Å². The maximum Gasteiger partial charge on any atom is 0.124 e. The molecule has 2 N–H and O–H groups in total. The van der Waals surface area contributed by atoms with E-state index in [-0.39, 0.29) is 11.5 Å². The third-order valence-electron chi connectivity index (χ3n) is 3.73. The van der Waals surface area contributed by atoms with Crippen molar-refractivity contribution in [2.75, 3.05) is 0 Å². The maximum atomic E-state index is 6.31. The molecule has 0 saturated heterocycles. The third kappa shape index (κ3) is 2.30. The molecule has 1 unspecified atom stereocenters. The maximum absolute atomic E-state index is 6.31. The van der Waals surface area contributed by atoms with Crippen LogP contribution in [0.5, 0.6) is 0 Å². The summed E-state index contributed by atoms with van der Waals surface area (Å²) in [4.78, 5) is 10.3. The Bertz CT molecular complexity index is 616. The van der Waals surface area contributed by atoms with Gasteiger partial charge in [-0.05, 0) is 36.8 Å². The Labute approximate surface area is 117 Å². The first-order valence-corrected chi connectivity index (χ1v) is 7.44. The van der Waals surface area contributed by atoms with Crippen molar-refractivity contribution in [1.29, 1.82) is 0 Å². The van der Waals surface area contributed by atoms with Gasteiger partial charge in [0.25, 0.3) is 0 Å². The van der Waals surface area contributed by atoms with Crippen molar-refractivity contribution >= 4 is 11.3 Å². The summed E-state index contributed by atoms with van der Waals surface area (Å²) >= 11 is 1.75. The van der Waals surface area contributed by atoms with Gasteiger partial charge < -0.3 is 5.73 Å². The SMILES string of the molecule is Cc1cnccc1-c1nc2c(s1)C(N)CC(C)(C)C2. The molecule has 1 aliphatic carbocycles. The van der Waals surface area contributed by atoms with Crippen LogP contribution in [0.15, 0.2) is 18.5 Å². The predicted octanol–water partition coefficient (Wildman–Crippen LogP) is 3.49. The second kappa shape index (κ2) is 4.39. The van der Waals surface area contributed by atoms with Gasteiger partial charge in [-0.2, -0.15) is 0 Å². The van der Waals surface area contributed by atoms with E-state index in [1.807, 2.05) is 18.5 Å². The molecule has 0 aliphatic heterocycles. The molecule has 100 valence electrons. The largest absolute Gasteiger partial charge is 0.323 e. The Morgan fingerprint density at radius 1 is 1.42 bits per heavy atom. The summed E-state index contributed by atoms with van der Waals surface area (Å²) in [6.45, 7) is 6.62. The number of nitrogens with two attached hydrogens (primary N) is 1. The Morgan fingerprint density at radius 3 is 2.95 bits per heavy atom. The standard InChI is InChI=1S/C15H19N3S/c1-9-8-17-5-4-10(9)14-18-12-7-15(2,3)6-11(16)13(12)19-14/h4-5,8,11H,6-7,16H2,1-3H3. The van der Waals surface area contributed by atoms with Crippen LogP contribution in [-0.2, 0) is 6.42 Å². The first kappa shape index (κ1) is 12.8. The van der Waals surface area contributed by atoms with E-state index in [9.17, 15) is 0 Å². The smallest absolute Gasteiger partial charge is 0.124 e. The lowest BCUT2D eigenvalue weighted by molar-refractivity contribution is 0.282. The number of pyridine rings is 1. The van der Waals surface area contributed by atoms with Crippen LogP contribution in [0, 0.1) is 12.3 Å². The van der Waals surface area contributed by atoms with Crippen LogP contribution < -0.4 is 5.73 Å². The van der Waals surface area contributed by atoms with Crippen LogP contribution in [0.3, 0.4) is 0 Å². The van der Waals surface area contributed by atoms with Crippen LogP contribution in [0.2, 0.25) is 0 Å². The van der Waals surface area contributed by atoms with Gasteiger partial charge in [0.2, 0.25) is 0 Å². The number of hydrogen-bond donors (Lipinski definition) is 1. The minimum absolute atomic E-state index is 0.132. The average molecular weight is 273 g/mol. The molecule has 3 nitrogen and oxygen atoms in total. The highest BCUT2D eigenvalue weighted by molar-refractivity contribution is 7.15. The Hall–Kier alpha value is -1.26. The van der Waals surface area contributed by atoms with Crippen molar-refractivity contribution in [3.05, 3.63) is 34.6 Å². The highest BCUT2D eigenvalue weighted by Gasteiger charge is 2.33. The van der Waals surface area contributed by atoms with Gasteiger partial charge in [0.05, 0.1) is 5.69 Å². The summed E-state index contributed by atoms with van der Waals surface area (Å²) in [5.41, 5.74) is 10.1. The second-order valence-electron chi connectivity index (χ2n) is 6.17. The summed E-state index contributed by atoms with van der Waals surface area (Å²) in [5, 5.41) is 1.08. The molecule has 0 spiro atoms. The predicted molar refractivity (Wildman–Crippen MR) is 79.1 cm³/mol. The van der Waals surface area contributed by atoms with Crippen LogP contribution in [0.1, 0.15) is 42.4 Å². The Kier molecular flexibility index (Phi) is 2.95. The van der Waals surface area contributed by atoms with Gasteiger partial charge >= 0.3 is 0 Å². The van der Waals surface area contributed by atoms with E-state index >= 15 is 0 Å². The fraction of sp³-hybridized carbons (Fsp3) is 0.467. The lowest BCUT2D eigenvalue weighted by Gasteiger charge is -2.32. The molecule has 1 aliphatic rings. The van der Waals surface area contributed by atoms with E-state index in [4.69, 9.17) is 10.7 Å². The summed E-state index contributed by atoms with van der Waals surface area (Å²) in [6.07, 6.45) is 5.78. The fourth-order valence-corrected chi connectivity index (χ4v) is 4.00. The number of fused-ring (bicyclic) bond motifs is 1. The highest BCUT2D eigenvalue weighted by atomic mass is 32.1. The van der Waals surface area contributed by atoms with Crippen LogP contribution in [0.25, 0.3) is 10.6 Å². The van der Waals surface area contributed by atoms with Gasteiger partial charge in [0.15, 0.2) is 0 Å².